The Labute approximate surface area is 93.6 Å². The summed E-state index contributed by atoms with van der Waals surface area (Å²) in [5, 5.41) is 0. The van der Waals surface area contributed by atoms with Crippen LogP contribution >= 0.6 is 22.6 Å². The average Bonchev–Trinajstić information content (AvgIpc) is 2.18. The molecule has 0 fully saturated rings. The largest absolute Gasteiger partial charge is 0.264 e. The average molecular weight is 301 g/mol. The molecule has 14 heavy (non-hydrogen) atoms. The minimum absolute atomic E-state index is 0.325. The van der Waals surface area contributed by atoms with Crippen LogP contribution in [0.4, 0.5) is 4.39 Å². The molecule has 2 aromatic rings. The highest BCUT2D eigenvalue weighted by Crippen LogP contribution is 2.19. The quantitative estimate of drug-likeness (QED) is 0.599. The van der Waals surface area contributed by atoms with Crippen molar-refractivity contribution in [1.29, 1.82) is 0 Å². The Balaban J connectivity index is 2.55. The first-order valence-corrected chi connectivity index (χ1v) is 4.92. The first kappa shape index (κ1) is 9.45. The van der Waals surface area contributed by atoms with E-state index in [0.717, 1.165) is 3.70 Å². The molecule has 70 valence electrons. The van der Waals surface area contributed by atoms with E-state index in [4.69, 9.17) is 0 Å². The number of nitrogens with zero attached hydrogens (tertiary/aromatic N) is 3. The van der Waals surface area contributed by atoms with Gasteiger partial charge in [0, 0.05) is 12.4 Å². The van der Waals surface area contributed by atoms with Crippen LogP contribution < -0.4 is 0 Å². The van der Waals surface area contributed by atoms with E-state index < -0.39 is 0 Å². The van der Waals surface area contributed by atoms with Crippen molar-refractivity contribution in [2.45, 2.75) is 0 Å². The van der Waals surface area contributed by atoms with Gasteiger partial charge in [0.1, 0.15) is 15.8 Å². The van der Waals surface area contributed by atoms with Crippen LogP contribution in [-0.2, 0) is 0 Å². The van der Waals surface area contributed by atoms with Gasteiger partial charge in [-0.3, -0.25) is 4.98 Å². The lowest BCUT2D eigenvalue weighted by Crippen LogP contribution is -1.91. The SMILES string of the molecule is Fc1ccncc1-c1cc(I)ncn1. The van der Waals surface area contributed by atoms with Gasteiger partial charge in [0.05, 0.1) is 11.3 Å². The zero-order valence-corrected chi connectivity index (χ0v) is 9.14. The van der Waals surface area contributed by atoms with Crippen LogP contribution in [-0.4, -0.2) is 15.0 Å². The van der Waals surface area contributed by atoms with E-state index in [9.17, 15) is 4.39 Å². The predicted molar refractivity (Wildman–Crippen MR) is 57.9 cm³/mol. The second kappa shape index (κ2) is 3.95. The van der Waals surface area contributed by atoms with Crippen molar-refractivity contribution in [1.82, 2.24) is 15.0 Å². The summed E-state index contributed by atoms with van der Waals surface area (Å²) < 4.78 is 14.1. The number of pyridine rings is 1. The van der Waals surface area contributed by atoms with Crippen LogP contribution in [0.25, 0.3) is 11.3 Å². The molecule has 0 aliphatic carbocycles. The molecular formula is C9H5FIN3. The van der Waals surface area contributed by atoms with E-state index in [1.165, 1.54) is 24.8 Å². The van der Waals surface area contributed by atoms with Crippen molar-refractivity contribution in [2.75, 3.05) is 0 Å². The molecular weight excluding hydrogens is 296 g/mol. The lowest BCUT2D eigenvalue weighted by atomic mass is 10.2. The van der Waals surface area contributed by atoms with E-state index in [2.05, 4.69) is 15.0 Å². The van der Waals surface area contributed by atoms with Gasteiger partial charge in [-0.15, -0.1) is 0 Å². The molecule has 5 heteroatoms. The third-order valence-electron chi connectivity index (χ3n) is 1.68. The maximum Gasteiger partial charge on any atom is 0.135 e. The molecule has 0 amide bonds. The van der Waals surface area contributed by atoms with Crippen molar-refractivity contribution in [3.05, 3.63) is 40.4 Å². The minimum Gasteiger partial charge on any atom is -0.264 e. The van der Waals surface area contributed by atoms with Gasteiger partial charge in [-0.2, -0.15) is 0 Å². The topological polar surface area (TPSA) is 38.7 Å². The fourth-order valence-electron chi connectivity index (χ4n) is 1.05. The molecule has 0 aliphatic rings. The van der Waals surface area contributed by atoms with Gasteiger partial charge in [0.15, 0.2) is 0 Å². The second-order valence-corrected chi connectivity index (χ2v) is 3.69. The van der Waals surface area contributed by atoms with E-state index in [0.29, 0.717) is 11.3 Å². The minimum atomic E-state index is -0.325. The molecule has 0 saturated heterocycles. The Morgan fingerprint density at radius 2 is 2.14 bits per heavy atom. The van der Waals surface area contributed by atoms with Crippen molar-refractivity contribution in [3.63, 3.8) is 0 Å². The fraction of sp³-hybridized carbons (Fsp3) is 0. The molecule has 0 unspecified atom stereocenters. The molecule has 0 N–H and O–H groups in total. The lowest BCUT2D eigenvalue weighted by molar-refractivity contribution is 0.628. The van der Waals surface area contributed by atoms with Gasteiger partial charge < -0.3 is 0 Å². The summed E-state index contributed by atoms with van der Waals surface area (Å²) in [6.45, 7) is 0. The zero-order valence-electron chi connectivity index (χ0n) is 6.98. The van der Waals surface area contributed by atoms with Gasteiger partial charge in [-0.05, 0) is 34.7 Å². The van der Waals surface area contributed by atoms with Crippen LogP contribution in [0, 0.1) is 9.52 Å². The zero-order chi connectivity index (χ0) is 9.97. The molecule has 0 atom stereocenters. The van der Waals surface area contributed by atoms with Crippen molar-refractivity contribution in [2.24, 2.45) is 0 Å². The summed E-state index contributed by atoms with van der Waals surface area (Å²) in [5.74, 6) is -0.325. The van der Waals surface area contributed by atoms with Gasteiger partial charge in [-0.1, -0.05) is 0 Å². The molecule has 3 nitrogen and oxygen atoms in total. The fourth-order valence-corrected chi connectivity index (χ4v) is 1.47. The Bertz CT molecular complexity index is 461. The number of halogens is 2. The van der Waals surface area contributed by atoms with Gasteiger partial charge in [-0.25, -0.2) is 14.4 Å². The van der Waals surface area contributed by atoms with Crippen LogP contribution in [0.1, 0.15) is 0 Å². The second-order valence-electron chi connectivity index (χ2n) is 2.58. The lowest BCUT2D eigenvalue weighted by Gasteiger charge is -2.00. The number of hydrogen-bond donors (Lipinski definition) is 0. The number of aromatic nitrogens is 3. The predicted octanol–water partition coefficient (Wildman–Crippen LogP) is 2.28. The molecule has 0 spiro atoms. The van der Waals surface area contributed by atoms with Crippen molar-refractivity contribution < 1.29 is 4.39 Å². The summed E-state index contributed by atoms with van der Waals surface area (Å²) in [4.78, 5) is 11.8. The van der Waals surface area contributed by atoms with Gasteiger partial charge >= 0.3 is 0 Å². The van der Waals surface area contributed by atoms with Crippen molar-refractivity contribution in [3.8, 4) is 11.3 Å². The maximum atomic E-state index is 13.3. The molecule has 0 aromatic carbocycles. The summed E-state index contributed by atoms with van der Waals surface area (Å²) in [6, 6.07) is 3.02. The summed E-state index contributed by atoms with van der Waals surface area (Å²) in [5.41, 5.74) is 0.947. The van der Waals surface area contributed by atoms with Crippen LogP contribution in [0.15, 0.2) is 30.9 Å². The molecule has 0 aliphatic heterocycles. The van der Waals surface area contributed by atoms with E-state index >= 15 is 0 Å². The van der Waals surface area contributed by atoms with Crippen LogP contribution in [0.5, 0.6) is 0 Å². The van der Waals surface area contributed by atoms with E-state index in [1.54, 1.807) is 6.07 Å². The highest BCUT2D eigenvalue weighted by molar-refractivity contribution is 14.1. The highest BCUT2D eigenvalue weighted by Gasteiger charge is 2.06. The summed E-state index contributed by atoms with van der Waals surface area (Å²) in [6.07, 6.45) is 4.27. The molecule has 2 rings (SSSR count). The highest BCUT2D eigenvalue weighted by atomic mass is 127. The Kier molecular flexibility index (Phi) is 2.67. The first-order chi connectivity index (χ1) is 6.77. The molecule has 0 bridgehead atoms. The Morgan fingerprint density at radius 1 is 1.29 bits per heavy atom. The summed E-state index contributed by atoms with van der Waals surface area (Å²) in [7, 11) is 0. The van der Waals surface area contributed by atoms with Crippen molar-refractivity contribution >= 4 is 22.6 Å². The number of hydrogen-bond acceptors (Lipinski definition) is 3. The van der Waals surface area contributed by atoms with E-state index in [1.807, 2.05) is 22.6 Å². The molecule has 2 aromatic heterocycles. The standard InChI is InChI=1S/C9H5FIN3/c10-7-1-2-12-4-6(7)8-3-9(11)14-5-13-8/h1-5H. The first-order valence-electron chi connectivity index (χ1n) is 3.85. The number of rotatable bonds is 1. The Morgan fingerprint density at radius 3 is 2.86 bits per heavy atom. The monoisotopic (exact) mass is 301 g/mol. The van der Waals surface area contributed by atoms with Gasteiger partial charge in [0.25, 0.3) is 0 Å². The third kappa shape index (κ3) is 1.87. The smallest absolute Gasteiger partial charge is 0.135 e. The molecule has 0 saturated carbocycles. The molecule has 0 radical (unpaired) electrons. The summed E-state index contributed by atoms with van der Waals surface area (Å²) >= 11 is 2.05. The van der Waals surface area contributed by atoms with Gasteiger partial charge in [0.2, 0.25) is 0 Å². The third-order valence-corrected chi connectivity index (χ3v) is 2.27. The van der Waals surface area contributed by atoms with Crippen LogP contribution in [0.2, 0.25) is 0 Å². The maximum absolute atomic E-state index is 13.3. The Hall–Kier alpha value is -1.11. The molecule has 2 heterocycles. The van der Waals surface area contributed by atoms with Crippen LogP contribution in [0.3, 0.4) is 0 Å². The normalized spacial score (nSPS) is 10.1. The van der Waals surface area contributed by atoms with E-state index in [-0.39, 0.29) is 5.82 Å².